The topological polar surface area (TPSA) is 66.4 Å². The molecule has 0 radical (unpaired) electrons. The van der Waals surface area contributed by atoms with Crippen LogP contribution in [0.25, 0.3) is 0 Å². The van der Waals surface area contributed by atoms with Gasteiger partial charge in [0, 0.05) is 0 Å². The lowest BCUT2D eigenvalue weighted by atomic mass is 10.1. The molecule has 0 saturated heterocycles. The average Bonchev–Trinajstić information content (AvgIpc) is 2.17. The van der Waals surface area contributed by atoms with Gasteiger partial charge in [0.1, 0.15) is 11.4 Å². The zero-order valence-electron chi connectivity index (χ0n) is 8.49. The second-order valence-electron chi connectivity index (χ2n) is 2.95. The molecule has 0 aliphatic carbocycles. The molecule has 0 saturated carbocycles. The number of anilines is 1. The van der Waals surface area contributed by atoms with Crippen LogP contribution < -0.4 is 5.32 Å². The van der Waals surface area contributed by atoms with Gasteiger partial charge in [-0.25, -0.2) is 9.18 Å². The predicted octanol–water partition coefficient (Wildman–Crippen LogP) is 1.83. The van der Waals surface area contributed by atoms with Crippen LogP contribution in [-0.4, -0.2) is 29.0 Å². The number of rotatable bonds is 4. The number of carbonyl (C=O) groups is 2. The zero-order valence-corrected chi connectivity index (χ0v) is 9.31. The first kappa shape index (κ1) is 12.5. The summed E-state index contributed by atoms with van der Waals surface area (Å²) in [4.78, 5) is 22.0. The second-order valence-corrected chi connectivity index (χ2v) is 3.81. The first-order chi connectivity index (χ1) is 7.56. The van der Waals surface area contributed by atoms with Gasteiger partial charge < -0.3 is 10.4 Å². The third-order valence-corrected chi connectivity index (χ3v) is 2.33. The molecular weight excluding hydrogens is 233 g/mol. The first-order valence-corrected chi connectivity index (χ1v) is 5.76. The van der Waals surface area contributed by atoms with Gasteiger partial charge >= 0.3 is 5.97 Å². The maximum absolute atomic E-state index is 13.2. The van der Waals surface area contributed by atoms with Gasteiger partial charge in [0.15, 0.2) is 0 Å². The Kier molecular flexibility index (Phi) is 4.30. The zero-order chi connectivity index (χ0) is 12.1. The highest BCUT2D eigenvalue weighted by molar-refractivity contribution is 7.99. The molecule has 4 nitrogen and oxygen atoms in total. The first-order valence-electron chi connectivity index (χ1n) is 4.37. The van der Waals surface area contributed by atoms with Crippen molar-refractivity contribution in [1.82, 2.24) is 0 Å². The molecule has 16 heavy (non-hydrogen) atoms. The predicted molar refractivity (Wildman–Crippen MR) is 60.4 cm³/mol. The normalized spacial score (nSPS) is 9.88. The third-order valence-electron chi connectivity index (χ3n) is 1.78. The summed E-state index contributed by atoms with van der Waals surface area (Å²) < 4.78 is 13.2. The van der Waals surface area contributed by atoms with Crippen LogP contribution in [0.15, 0.2) is 18.2 Å². The molecule has 0 unspecified atom stereocenters. The number of halogens is 1. The lowest BCUT2D eigenvalue weighted by Gasteiger charge is -2.08. The SMILES string of the molecule is CSCC(=O)Nc1cccc(F)c1C(=O)O. The van der Waals surface area contributed by atoms with E-state index in [-0.39, 0.29) is 17.3 Å². The van der Waals surface area contributed by atoms with E-state index in [1.807, 2.05) is 0 Å². The number of amides is 1. The molecule has 0 spiro atoms. The van der Waals surface area contributed by atoms with E-state index in [9.17, 15) is 14.0 Å². The number of hydrogen-bond donors (Lipinski definition) is 2. The highest BCUT2D eigenvalue weighted by Crippen LogP contribution is 2.19. The Hall–Kier alpha value is -1.56. The molecule has 0 aromatic heterocycles. The van der Waals surface area contributed by atoms with Gasteiger partial charge in [-0.15, -0.1) is 0 Å². The van der Waals surface area contributed by atoms with Crippen LogP contribution in [0.3, 0.4) is 0 Å². The van der Waals surface area contributed by atoms with Crippen molar-refractivity contribution in [2.24, 2.45) is 0 Å². The molecule has 0 aliphatic rings. The quantitative estimate of drug-likeness (QED) is 0.846. The molecule has 1 amide bonds. The molecule has 1 aromatic carbocycles. The highest BCUT2D eigenvalue weighted by Gasteiger charge is 2.16. The van der Waals surface area contributed by atoms with Crippen molar-refractivity contribution >= 4 is 29.3 Å². The van der Waals surface area contributed by atoms with E-state index in [1.165, 1.54) is 23.9 Å². The summed E-state index contributed by atoms with van der Waals surface area (Å²) in [5.74, 6) is -2.44. The summed E-state index contributed by atoms with van der Waals surface area (Å²) in [7, 11) is 0. The van der Waals surface area contributed by atoms with Crippen LogP contribution in [-0.2, 0) is 4.79 Å². The lowest BCUT2D eigenvalue weighted by molar-refractivity contribution is -0.113. The van der Waals surface area contributed by atoms with Gasteiger partial charge in [-0.3, -0.25) is 4.79 Å². The van der Waals surface area contributed by atoms with Gasteiger partial charge in [0.05, 0.1) is 11.4 Å². The van der Waals surface area contributed by atoms with Crippen LogP contribution in [0, 0.1) is 5.82 Å². The molecule has 86 valence electrons. The van der Waals surface area contributed by atoms with E-state index in [0.29, 0.717) is 0 Å². The van der Waals surface area contributed by atoms with Gasteiger partial charge in [-0.2, -0.15) is 11.8 Å². The van der Waals surface area contributed by atoms with Crippen molar-refractivity contribution in [3.05, 3.63) is 29.6 Å². The van der Waals surface area contributed by atoms with Crippen LogP contribution >= 0.6 is 11.8 Å². The fraction of sp³-hybridized carbons (Fsp3) is 0.200. The smallest absolute Gasteiger partial charge is 0.340 e. The lowest BCUT2D eigenvalue weighted by Crippen LogP contribution is -2.17. The van der Waals surface area contributed by atoms with Gasteiger partial charge in [-0.1, -0.05) is 6.07 Å². The van der Waals surface area contributed by atoms with E-state index < -0.39 is 17.3 Å². The summed E-state index contributed by atoms with van der Waals surface area (Å²) in [5, 5.41) is 11.1. The number of carbonyl (C=O) groups excluding carboxylic acids is 1. The molecule has 0 bridgehead atoms. The second kappa shape index (κ2) is 5.50. The molecule has 6 heteroatoms. The molecule has 0 atom stereocenters. The van der Waals surface area contributed by atoms with E-state index in [2.05, 4.69) is 5.32 Å². The van der Waals surface area contributed by atoms with Gasteiger partial charge in [0.25, 0.3) is 0 Å². The van der Waals surface area contributed by atoms with E-state index in [0.717, 1.165) is 6.07 Å². The molecular formula is C10H10FNO3S. The van der Waals surface area contributed by atoms with Gasteiger partial charge in [0.2, 0.25) is 5.91 Å². The minimum Gasteiger partial charge on any atom is -0.478 e. The molecule has 0 heterocycles. The van der Waals surface area contributed by atoms with Crippen molar-refractivity contribution in [3.63, 3.8) is 0 Å². The third kappa shape index (κ3) is 2.96. The Balaban J connectivity index is 3.00. The van der Waals surface area contributed by atoms with Gasteiger partial charge in [-0.05, 0) is 18.4 Å². The van der Waals surface area contributed by atoms with E-state index in [1.54, 1.807) is 6.26 Å². The largest absolute Gasteiger partial charge is 0.478 e. The van der Waals surface area contributed by atoms with Crippen molar-refractivity contribution in [3.8, 4) is 0 Å². The van der Waals surface area contributed by atoms with E-state index >= 15 is 0 Å². The molecule has 0 fully saturated rings. The van der Waals surface area contributed by atoms with Crippen LogP contribution in [0.1, 0.15) is 10.4 Å². The summed E-state index contributed by atoms with van der Waals surface area (Å²) in [6.07, 6.45) is 1.74. The monoisotopic (exact) mass is 243 g/mol. The Bertz CT molecular complexity index is 423. The number of carboxylic acid groups (broad SMARTS) is 1. The number of thioether (sulfide) groups is 1. The van der Waals surface area contributed by atoms with Crippen molar-refractivity contribution in [2.45, 2.75) is 0 Å². The summed E-state index contributed by atoms with van der Waals surface area (Å²) >= 11 is 1.29. The Morgan fingerprint density at radius 2 is 2.19 bits per heavy atom. The number of carboxylic acids is 1. The number of nitrogens with one attached hydrogen (secondary N) is 1. The fourth-order valence-electron chi connectivity index (χ4n) is 1.16. The maximum Gasteiger partial charge on any atom is 0.340 e. The number of aromatic carboxylic acids is 1. The minimum atomic E-state index is -1.41. The summed E-state index contributed by atoms with van der Waals surface area (Å²) in [6.45, 7) is 0. The summed E-state index contributed by atoms with van der Waals surface area (Å²) in [5.41, 5.74) is -0.538. The fourth-order valence-corrected chi connectivity index (χ4v) is 1.50. The maximum atomic E-state index is 13.2. The minimum absolute atomic E-state index is 0.0217. The molecule has 1 rings (SSSR count). The Morgan fingerprint density at radius 1 is 1.50 bits per heavy atom. The van der Waals surface area contributed by atoms with Crippen molar-refractivity contribution in [2.75, 3.05) is 17.3 Å². The Labute approximate surface area is 95.8 Å². The van der Waals surface area contributed by atoms with E-state index in [4.69, 9.17) is 5.11 Å². The Morgan fingerprint density at radius 3 is 2.75 bits per heavy atom. The summed E-state index contributed by atoms with van der Waals surface area (Å²) in [6, 6.07) is 3.73. The van der Waals surface area contributed by atoms with Crippen LogP contribution in [0.5, 0.6) is 0 Å². The molecule has 0 aliphatic heterocycles. The average molecular weight is 243 g/mol. The molecule has 2 N–H and O–H groups in total. The van der Waals surface area contributed by atoms with Crippen LogP contribution in [0.2, 0.25) is 0 Å². The van der Waals surface area contributed by atoms with Crippen molar-refractivity contribution in [1.29, 1.82) is 0 Å². The number of benzene rings is 1. The standard InChI is InChI=1S/C10H10FNO3S/c1-16-5-8(13)12-7-4-2-3-6(11)9(7)10(14)15/h2-4H,5H2,1H3,(H,12,13)(H,14,15). The highest BCUT2D eigenvalue weighted by atomic mass is 32.2. The van der Waals surface area contributed by atoms with Crippen molar-refractivity contribution < 1.29 is 19.1 Å². The molecule has 1 aromatic rings. The van der Waals surface area contributed by atoms with Crippen LogP contribution in [0.4, 0.5) is 10.1 Å². The number of hydrogen-bond acceptors (Lipinski definition) is 3.